The van der Waals surface area contributed by atoms with Gasteiger partial charge < -0.3 is 10.3 Å². The van der Waals surface area contributed by atoms with Gasteiger partial charge in [-0.25, -0.2) is 4.98 Å². The molecule has 14 heavy (non-hydrogen) atoms. The maximum atomic E-state index is 5.86. The molecule has 0 aliphatic heterocycles. The Morgan fingerprint density at radius 2 is 2.00 bits per heavy atom. The summed E-state index contributed by atoms with van der Waals surface area (Å²) in [5.41, 5.74) is 7.65. The van der Waals surface area contributed by atoms with Gasteiger partial charge in [0.1, 0.15) is 5.65 Å². The fraction of sp³-hybridized carbons (Fsp3) is 0.364. The Morgan fingerprint density at radius 1 is 1.29 bits per heavy atom. The predicted octanol–water partition coefficient (Wildman–Crippen LogP) is 2.37. The smallest absolute Gasteiger partial charge is 0.142 e. The van der Waals surface area contributed by atoms with Crippen LogP contribution in [0.25, 0.3) is 11.0 Å². The topological polar surface area (TPSA) is 43.8 Å². The SMILES string of the molecule is CC(C)(C)n1ccc2c(N)ccnc21. The Bertz CT molecular complexity index is 463. The van der Waals surface area contributed by atoms with Crippen molar-refractivity contribution in [2.24, 2.45) is 0 Å². The Labute approximate surface area is 83.6 Å². The minimum Gasteiger partial charge on any atom is -0.398 e. The highest BCUT2D eigenvalue weighted by atomic mass is 15.1. The van der Waals surface area contributed by atoms with Gasteiger partial charge in [0.05, 0.1) is 0 Å². The molecule has 0 spiro atoms. The zero-order valence-electron chi connectivity index (χ0n) is 8.78. The second kappa shape index (κ2) is 2.74. The Kier molecular flexibility index (Phi) is 1.77. The number of nitrogens with two attached hydrogens (primary N) is 1. The van der Waals surface area contributed by atoms with Crippen molar-refractivity contribution in [3.05, 3.63) is 24.5 Å². The first-order chi connectivity index (χ1) is 6.50. The van der Waals surface area contributed by atoms with Crippen LogP contribution >= 0.6 is 0 Å². The van der Waals surface area contributed by atoms with Crippen LogP contribution in [0.5, 0.6) is 0 Å². The molecule has 2 heterocycles. The maximum Gasteiger partial charge on any atom is 0.142 e. The van der Waals surface area contributed by atoms with Gasteiger partial charge in [-0.15, -0.1) is 0 Å². The second-order valence-electron chi connectivity index (χ2n) is 4.49. The van der Waals surface area contributed by atoms with Gasteiger partial charge >= 0.3 is 0 Å². The van der Waals surface area contributed by atoms with Crippen LogP contribution in [0.2, 0.25) is 0 Å². The van der Waals surface area contributed by atoms with E-state index in [2.05, 4.69) is 30.3 Å². The number of rotatable bonds is 0. The van der Waals surface area contributed by atoms with Gasteiger partial charge in [-0.05, 0) is 32.9 Å². The lowest BCUT2D eigenvalue weighted by Gasteiger charge is -2.21. The summed E-state index contributed by atoms with van der Waals surface area (Å²) in [5.74, 6) is 0. The molecular formula is C11H15N3. The van der Waals surface area contributed by atoms with E-state index in [0.29, 0.717) is 0 Å². The average molecular weight is 189 g/mol. The van der Waals surface area contributed by atoms with Crippen LogP contribution in [0.1, 0.15) is 20.8 Å². The highest BCUT2D eigenvalue weighted by molar-refractivity contribution is 5.88. The zero-order valence-corrected chi connectivity index (χ0v) is 8.78. The molecule has 0 unspecified atom stereocenters. The summed E-state index contributed by atoms with van der Waals surface area (Å²) in [6.45, 7) is 6.45. The van der Waals surface area contributed by atoms with Crippen LogP contribution in [0.15, 0.2) is 24.5 Å². The third kappa shape index (κ3) is 1.25. The van der Waals surface area contributed by atoms with E-state index in [-0.39, 0.29) is 5.54 Å². The largest absolute Gasteiger partial charge is 0.398 e. The van der Waals surface area contributed by atoms with Crippen molar-refractivity contribution in [2.75, 3.05) is 5.73 Å². The number of anilines is 1. The molecule has 2 aromatic heterocycles. The van der Waals surface area contributed by atoms with E-state index >= 15 is 0 Å². The number of nitrogens with zero attached hydrogens (tertiary/aromatic N) is 2. The van der Waals surface area contributed by atoms with E-state index in [9.17, 15) is 0 Å². The third-order valence-corrected chi connectivity index (χ3v) is 2.34. The van der Waals surface area contributed by atoms with Crippen LogP contribution in [0, 0.1) is 0 Å². The monoisotopic (exact) mass is 189 g/mol. The summed E-state index contributed by atoms with van der Waals surface area (Å²) in [7, 11) is 0. The molecule has 2 aromatic rings. The van der Waals surface area contributed by atoms with Gasteiger partial charge in [0, 0.05) is 29.0 Å². The quantitative estimate of drug-likeness (QED) is 0.691. The first-order valence-corrected chi connectivity index (χ1v) is 4.72. The number of fused-ring (bicyclic) bond motifs is 1. The number of nitrogen functional groups attached to an aromatic ring is 1. The molecular weight excluding hydrogens is 174 g/mol. The summed E-state index contributed by atoms with van der Waals surface area (Å²) in [5, 5.41) is 1.03. The molecule has 0 aliphatic carbocycles. The summed E-state index contributed by atoms with van der Waals surface area (Å²) in [6, 6.07) is 3.85. The van der Waals surface area contributed by atoms with Crippen molar-refractivity contribution >= 4 is 16.7 Å². The van der Waals surface area contributed by atoms with Crippen molar-refractivity contribution in [2.45, 2.75) is 26.3 Å². The fourth-order valence-corrected chi connectivity index (χ4v) is 1.60. The predicted molar refractivity (Wildman–Crippen MR) is 59.1 cm³/mol. The lowest BCUT2D eigenvalue weighted by atomic mass is 10.1. The van der Waals surface area contributed by atoms with E-state index in [1.54, 1.807) is 6.20 Å². The molecule has 2 N–H and O–H groups in total. The first-order valence-electron chi connectivity index (χ1n) is 4.72. The summed E-state index contributed by atoms with van der Waals surface area (Å²) >= 11 is 0. The molecule has 0 bridgehead atoms. The standard InChI is InChI=1S/C11H15N3/c1-11(2,3)14-7-5-8-9(12)4-6-13-10(8)14/h4-7H,1-3H3,(H2,12,13). The maximum absolute atomic E-state index is 5.86. The van der Waals surface area contributed by atoms with Gasteiger partial charge in [-0.1, -0.05) is 0 Å². The van der Waals surface area contributed by atoms with Gasteiger partial charge in [-0.2, -0.15) is 0 Å². The van der Waals surface area contributed by atoms with Crippen molar-refractivity contribution in [3.8, 4) is 0 Å². The van der Waals surface area contributed by atoms with E-state index in [0.717, 1.165) is 16.7 Å². The van der Waals surface area contributed by atoms with E-state index < -0.39 is 0 Å². The molecule has 3 nitrogen and oxygen atoms in total. The Morgan fingerprint density at radius 3 is 2.64 bits per heavy atom. The van der Waals surface area contributed by atoms with Crippen molar-refractivity contribution in [1.29, 1.82) is 0 Å². The molecule has 0 saturated carbocycles. The number of hydrogen-bond acceptors (Lipinski definition) is 2. The molecule has 0 saturated heterocycles. The van der Waals surface area contributed by atoms with Crippen molar-refractivity contribution in [3.63, 3.8) is 0 Å². The summed E-state index contributed by atoms with van der Waals surface area (Å²) in [4.78, 5) is 4.35. The average Bonchev–Trinajstić information content (AvgIpc) is 2.47. The van der Waals surface area contributed by atoms with E-state index in [4.69, 9.17) is 5.73 Å². The number of hydrogen-bond donors (Lipinski definition) is 1. The Balaban J connectivity index is 2.76. The van der Waals surface area contributed by atoms with E-state index in [1.165, 1.54) is 0 Å². The molecule has 0 aliphatic rings. The molecule has 0 atom stereocenters. The molecule has 0 fully saturated rings. The molecule has 0 amide bonds. The van der Waals surface area contributed by atoms with Gasteiger partial charge in [0.2, 0.25) is 0 Å². The lowest BCUT2D eigenvalue weighted by molar-refractivity contribution is 0.408. The summed E-state index contributed by atoms with van der Waals surface area (Å²) < 4.78 is 2.14. The first kappa shape index (κ1) is 9.06. The third-order valence-electron chi connectivity index (χ3n) is 2.34. The highest BCUT2D eigenvalue weighted by Crippen LogP contribution is 2.25. The molecule has 0 aromatic carbocycles. The van der Waals surface area contributed by atoms with Crippen molar-refractivity contribution < 1.29 is 0 Å². The van der Waals surface area contributed by atoms with Crippen molar-refractivity contribution in [1.82, 2.24) is 9.55 Å². The fourth-order valence-electron chi connectivity index (χ4n) is 1.60. The zero-order chi connectivity index (χ0) is 10.3. The molecule has 2 rings (SSSR count). The van der Waals surface area contributed by atoms with Crippen LogP contribution in [-0.4, -0.2) is 9.55 Å². The van der Waals surface area contributed by atoms with Gasteiger partial charge in [-0.3, -0.25) is 0 Å². The normalized spacial score (nSPS) is 12.2. The number of pyridine rings is 1. The molecule has 3 heteroatoms. The van der Waals surface area contributed by atoms with Crippen LogP contribution < -0.4 is 5.73 Å². The second-order valence-corrected chi connectivity index (χ2v) is 4.49. The minimum atomic E-state index is 0.0442. The molecule has 0 radical (unpaired) electrons. The van der Waals surface area contributed by atoms with Gasteiger partial charge in [0.15, 0.2) is 0 Å². The molecule has 74 valence electrons. The van der Waals surface area contributed by atoms with Crippen LogP contribution in [0.4, 0.5) is 5.69 Å². The van der Waals surface area contributed by atoms with E-state index in [1.807, 2.05) is 18.3 Å². The van der Waals surface area contributed by atoms with Crippen LogP contribution in [-0.2, 0) is 5.54 Å². The highest BCUT2D eigenvalue weighted by Gasteiger charge is 2.16. The van der Waals surface area contributed by atoms with Crippen LogP contribution in [0.3, 0.4) is 0 Å². The minimum absolute atomic E-state index is 0.0442. The van der Waals surface area contributed by atoms with Gasteiger partial charge in [0.25, 0.3) is 0 Å². The number of aromatic nitrogens is 2. The summed E-state index contributed by atoms with van der Waals surface area (Å²) in [6.07, 6.45) is 3.79. The lowest BCUT2D eigenvalue weighted by Crippen LogP contribution is -2.20. The Hall–Kier alpha value is -1.51.